The van der Waals surface area contributed by atoms with E-state index in [1.54, 1.807) is 7.11 Å². The van der Waals surface area contributed by atoms with Crippen molar-refractivity contribution in [1.82, 2.24) is 0 Å². The van der Waals surface area contributed by atoms with Crippen LogP contribution in [0.3, 0.4) is 0 Å². The van der Waals surface area contributed by atoms with Gasteiger partial charge in [-0.2, -0.15) is 0 Å². The number of carboxylic acid groups (broad SMARTS) is 1. The molecule has 0 heterocycles. The van der Waals surface area contributed by atoms with Gasteiger partial charge in [0.05, 0.1) is 7.11 Å². The number of carbonyl (C=O) groups is 1. The summed E-state index contributed by atoms with van der Waals surface area (Å²) in [7, 11) is 1.66. The number of hydrogen-bond donors (Lipinski definition) is 1. The van der Waals surface area contributed by atoms with Crippen LogP contribution in [0.15, 0.2) is 35.9 Å². The second-order valence-corrected chi connectivity index (χ2v) is 5.05. The summed E-state index contributed by atoms with van der Waals surface area (Å²) in [6, 6.07) is 8.04. The lowest BCUT2D eigenvalue weighted by molar-refractivity contribution is -0.131. The SMILES string of the molecule is COc1ccc(CC2CCCC/C2=C\C(=O)O)cc1. The number of allylic oxidation sites excluding steroid dienone is 1. The Morgan fingerprint density at radius 1 is 1.37 bits per heavy atom. The summed E-state index contributed by atoms with van der Waals surface area (Å²) < 4.78 is 5.14. The van der Waals surface area contributed by atoms with Crippen LogP contribution in [0, 0.1) is 5.92 Å². The van der Waals surface area contributed by atoms with Gasteiger partial charge in [0, 0.05) is 6.08 Å². The molecule has 2 rings (SSSR count). The Morgan fingerprint density at radius 2 is 2.11 bits per heavy atom. The third-order valence-electron chi connectivity index (χ3n) is 3.74. The van der Waals surface area contributed by atoms with Gasteiger partial charge in [-0.05, 0) is 49.3 Å². The largest absolute Gasteiger partial charge is 0.497 e. The molecule has 1 N–H and O–H groups in total. The molecule has 3 heteroatoms. The maximum absolute atomic E-state index is 10.9. The van der Waals surface area contributed by atoms with E-state index in [1.807, 2.05) is 12.1 Å². The number of rotatable bonds is 4. The second-order valence-electron chi connectivity index (χ2n) is 5.05. The molecule has 0 saturated heterocycles. The molecule has 1 saturated carbocycles. The van der Waals surface area contributed by atoms with Gasteiger partial charge in [0.15, 0.2) is 0 Å². The molecule has 1 fully saturated rings. The van der Waals surface area contributed by atoms with E-state index in [-0.39, 0.29) is 0 Å². The topological polar surface area (TPSA) is 46.5 Å². The first-order valence-corrected chi connectivity index (χ1v) is 6.75. The Bertz CT molecular complexity index is 459. The first-order valence-electron chi connectivity index (χ1n) is 6.75. The molecule has 1 atom stereocenters. The molecule has 0 aromatic heterocycles. The molecular weight excluding hydrogens is 240 g/mol. The third-order valence-corrected chi connectivity index (χ3v) is 3.74. The molecule has 0 spiro atoms. The van der Waals surface area contributed by atoms with Gasteiger partial charge in [-0.15, -0.1) is 0 Å². The predicted octanol–water partition coefficient (Wildman–Crippen LogP) is 3.44. The van der Waals surface area contributed by atoms with Crippen molar-refractivity contribution in [2.75, 3.05) is 7.11 Å². The Morgan fingerprint density at radius 3 is 2.74 bits per heavy atom. The fourth-order valence-electron chi connectivity index (χ4n) is 2.74. The van der Waals surface area contributed by atoms with Gasteiger partial charge < -0.3 is 9.84 Å². The summed E-state index contributed by atoms with van der Waals surface area (Å²) in [4.78, 5) is 10.9. The number of ether oxygens (including phenoxy) is 1. The molecule has 0 amide bonds. The van der Waals surface area contributed by atoms with E-state index < -0.39 is 5.97 Å². The molecule has 3 nitrogen and oxygen atoms in total. The van der Waals surface area contributed by atoms with Crippen LogP contribution in [-0.2, 0) is 11.2 Å². The van der Waals surface area contributed by atoms with Crippen LogP contribution in [0.4, 0.5) is 0 Å². The van der Waals surface area contributed by atoms with Crippen molar-refractivity contribution in [3.8, 4) is 5.75 Å². The Hall–Kier alpha value is -1.77. The van der Waals surface area contributed by atoms with Crippen LogP contribution in [0.25, 0.3) is 0 Å². The lowest BCUT2D eigenvalue weighted by Gasteiger charge is -2.25. The summed E-state index contributed by atoms with van der Waals surface area (Å²) in [6.07, 6.45) is 6.64. The minimum atomic E-state index is -0.823. The molecule has 0 radical (unpaired) electrons. The van der Waals surface area contributed by atoms with Gasteiger partial charge in [-0.1, -0.05) is 24.1 Å². The molecule has 19 heavy (non-hydrogen) atoms. The molecule has 1 aromatic carbocycles. The maximum Gasteiger partial charge on any atom is 0.328 e. The summed E-state index contributed by atoms with van der Waals surface area (Å²) in [5.41, 5.74) is 2.33. The smallest absolute Gasteiger partial charge is 0.328 e. The number of aliphatic carboxylic acids is 1. The fraction of sp³-hybridized carbons (Fsp3) is 0.438. The second kappa shape index (κ2) is 6.41. The van der Waals surface area contributed by atoms with Crippen molar-refractivity contribution in [3.05, 3.63) is 41.5 Å². The standard InChI is InChI=1S/C16H20O3/c1-19-15-8-6-12(7-9-15)10-13-4-2-3-5-14(13)11-16(17)18/h6-9,11,13H,2-5,10H2,1H3,(H,17,18)/b14-11+. The van der Waals surface area contributed by atoms with Crippen molar-refractivity contribution in [3.63, 3.8) is 0 Å². The van der Waals surface area contributed by atoms with Gasteiger partial charge in [0.25, 0.3) is 0 Å². The first kappa shape index (κ1) is 13.7. The van der Waals surface area contributed by atoms with Crippen LogP contribution in [0.5, 0.6) is 5.75 Å². The first-order chi connectivity index (χ1) is 9.19. The highest BCUT2D eigenvalue weighted by Gasteiger charge is 2.20. The average molecular weight is 260 g/mol. The maximum atomic E-state index is 10.9. The zero-order chi connectivity index (χ0) is 13.7. The van der Waals surface area contributed by atoms with Crippen molar-refractivity contribution in [1.29, 1.82) is 0 Å². The van der Waals surface area contributed by atoms with Crippen LogP contribution in [0.1, 0.15) is 31.2 Å². The monoisotopic (exact) mass is 260 g/mol. The summed E-state index contributed by atoms with van der Waals surface area (Å²) in [5, 5.41) is 8.92. The predicted molar refractivity (Wildman–Crippen MR) is 74.4 cm³/mol. The quantitative estimate of drug-likeness (QED) is 0.843. The van der Waals surface area contributed by atoms with Crippen LogP contribution in [-0.4, -0.2) is 18.2 Å². The minimum Gasteiger partial charge on any atom is -0.497 e. The fourth-order valence-corrected chi connectivity index (χ4v) is 2.74. The van der Waals surface area contributed by atoms with Crippen molar-refractivity contribution >= 4 is 5.97 Å². The van der Waals surface area contributed by atoms with Crippen LogP contribution in [0.2, 0.25) is 0 Å². The zero-order valence-electron chi connectivity index (χ0n) is 11.3. The van der Waals surface area contributed by atoms with E-state index in [0.717, 1.165) is 37.0 Å². The Balaban J connectivity index is 2.08. The van der Waals surface area contributed by atoms with Crippen molar-refractivity contribution < 1.29 is 14.6 Å². The molecule has 1 unspecified atom stereocenters. The van der Waals surface area contributed by atoms with E-state index in [4.69, 9.17) is 9.84 Å². The minimum absolute atomic E-state index is 0.373. The molecule has 1 aliphatic rings. The number of benzene rings is 1. The highest BCUT2D eigenvalue weighted by molar-refractivity contribution is 5.80. The molecule has 102 valence electrons. The number of methoxy groups -OCH3 is 1. The van der Waals surface area contributed by atoms with E-state index in [1.165, 1.54) is 18.1 Å². The Labute approximate surface area is 113 Å². The molecule has 0 aliphatic heterocycles. The summed E-state index contributed by atoms with van der Waals surface area (Å²) in [5.74, 6) is 0.406. The zero-order valence-corrected chi connectivity index (χ0v) is 11.3. The van der Waals surface area contributed by atoms with Gasteiger partial charge in [0.1, 0.15) is 5.75 Å². The highest BCUT2D eigenvalue weighted by Crippen LogP contribution is 2.32. The Kier molecular flexibility index (Phi) is 4.61. The molecular formula is C16H20O3. The highest BCUT2D eigenvalue weighted by atomic mass is 16.5. The lowest BCUT2D eigenvalue weighted by Crippen LogP contribution is -2.14. The summed E-state index contributed by atoms with van der Waals surface area (Å²) >= 11 is 0. The van der Waals surface area contributed by atoms with Gasteiger partial charge in [-0.3, -0.25) is 0 Å². The lowest BCUT2D eigenvalue weighted by atomic mass is 9.80. The van der Waals surface area contributed by atoms with Crippen molar-refractivity contribution in [2.24, 2.45) is 5.92 Å². The van der Waals surface area contributed by atoms with Gasteiger partial charge >= 0.3 is 5.97 Å². The van der Waals surface area contributed by atoms with Gasteiger partial charge in [0.2, 0.25) is 0 Å². The number of carboxylic acids is 1. The molecule has 1 aromatic rings. The van der Waals surface area contributed by atoms with E-state index in [0.29, 0.717) is 5.92 Å². The number of hydrogen-bond acceptors (Lipinski definition) is 2. The van der Waals surface area contributed by atoms with E-state index in [9.17, 15) is 4.79 Å². The summed E-state index contributed by atoms with van der Waals surface area (Å²) in [6.45, 7) is 0. The third kappa shape index (κ3) is 3.85. The van der Waals surface area contributed by atoms with Crippen LogP contribution >= 0.6 is 0 Å². The molecule has 0 bridgehead atoms. The van der Waals surface area contributed by atoms with E-state index >= 15 is 0 Å². The van der Waals surface area contributed by atoms with Crippen molar-refractivity contribution in [2.45, 2.75) is 32.1 Å². The molecule has 1 aliphatic carbocycles. The van der Waals surface area contributed by atoms with Gasteiger partial charge in [-0.25, -0.2) is 4.79 Å². The van der Waals surface area contributed by atoms with E-state index in [2.05, 4.69) is 12.1 Å². The normalized spacial score (nSPS) is 21.3. The average Bonchev–Trinajstić information content (AvgIpc) is 2.41. The van der Waals surface area contributed by atoms with Crippen LogP contribution < -0.4 is 4.74 Å².